The number of rotatable bonds is 9. The molecule has 0 radical (unpaired) electrons. The zero-order chi connectivity index (χ0) is 18.9. The lowest BCUT2D eigenvalue weighted by Gasteiger charge is -2.08. The van der Waals surface area contributed by atoms with E-state index in [-0.39, 0.29) is 11.5 Å². The first-order valence-corrected chi connectivity index (χ1v) is 11.8. The Morgan fingerprint density at radius 2 is 1.67 bits per heavy atom. The van der Waals surface area contributed by atoms with Crippen LogP contribution in [-0.2, 0) is 0 Å². The first-order chi connectivity index (χ1) is 13.2. The SMILES string of the molecule is Oc1cc(O)cc(C=Cc2ccc(OCCCCCC3CCSS3)cc2)c1. The van der Waals surface area contributed by atoms with Gasteiger partial charge >= 0.3 is 0 Å². The number of hydrogen-bond acceptors (Lipinski definition) is 5. The average Bonchev–Trinajstić information content (AvgIpc) is 3.16. The molecule has 0 bridgehead atoms. The molecule has 144 valence electrons. The molecule has 0 amide bonds. The Labute approximate surface area is 169 Å². The van der Waals surface area contributed by atoms with E-state index >= 15 is 0 Å². The summed E-state index contributed by atoms with van der Waals surface area (Å²) in [6.07, 6.45) is 10.2. The van der Waals surface area contributed by atoms with Gasteiger partial charge in [0.25, 0.3) is 0 Å². The van der Waals surface area contributed by atoms with Gasteiger partial charge in [0.1, 0.15) is 17.2 Å². The molecule has 0 aliphatic carbocycles. The van der Waals surface area contributed by atoms with Gasteiger partial charge in [-0.15, -0.1) is 0 Å². The minimum absolute atomic E-state index is 0.0549. The van der Waals surface area contributed by atoms with E-state index in [1.807, 2.05) is 47.2 Å². The topological polar surface area (TPSA) is 49.7 Å². The molecule has 0 aromatic heterocycles. The third-order valence-corrected chi connectivity index (χ3v) is 7.45. The van der Waals surface area contributed by atoms with Gasteiger partial charge in [0.05, 0.1) is 6.61 Å². The van der Waals surface area contributed by atoms with Crippen LogP contribution >= 0.6 is 21.6 Å². The Kier molecular flexibility index (Phi) is 7.84. The maximum atomic E-state index is 9.51. The van der Waals surface area contributed by atoms with Crippen molar-refractivity contribution in [3.63, 3.8) is 0 Å². The third kappa shape index (κ3) is 7.07. The maximum Gasteiger partial charge on any atom is 0.119 e. The summed E-state index contributed by atoms with van der Waals surface area (Å²) < 4.78 is 5.83. The molecule has 1 fully saturated rings. The van der Waals surface area contributed by atoms with Crippen molar-refractivity contribution in [2.45, 2.75) is 37.4 Å². The number of aromatic hydroxyl groups is 2. The number of unbranched alkanes of at least 4 members (excludes halogenated alkanes) is 2. The quantitative estimate of drug-likeness (QED) is 0.290. The standard InChI is InChI=1S/C22H26O3S2/c23-19-14-18(15-20(24)16-19)6-5-17-7-9-21(10-8-17)25-12-3-1-2-4-22-11-13-26-27-22/h5-10,14-16,22-24H,1-4,11-13H2. The normalized spacial score (nSPS) is 16.8. The van der Waals surface area contributed by atoms with Gasteiger partial charge < -0.3 is 14.9 Å². The molecular formula is C22H26O3S2. The second-order valence-electron chi connectivity index (χ2n) is 6.71. The van der Waals surface area contributed by atoms with Crippen LogP contribution in [0.15, 0.2) is 42.5 Å². The number of phenolic OH excluding ortho intramolecular Hbond substituents is 2. The first-order valence-electron chi connectivity index (χ1n) is 9.41. The first kappa shape index (κ1) is 20.0. The van der Waals surface area contributed by atoms with Gasteiger partial charge in [-0.05, 0) is 54.7 Å². The van der Waals surface area contributed by atoms with E-state index in [2.05, 4.69) is 10.8 Å². The molecule has 2 aromatic rings. The highest BCUT2D eigenvalue weighted by Gasteiger charge is 2.15. The summed E-state index contributed by atoms with van der Waals surface area (Å²) in [6.45, 7) is 0.768. The monoisotopic (exact) mass is 402 g/mol. The van der Waals surface area contributed by atoms with Gasteiger partial charge in [-0.2, -0.15) is 0 Å². The van der Waals surface area contributed by atoms with Crippen molar-refractivity contribution in [2.75, 3.05) is 12.4 Å². The zero-order valence-corrected chi connectivity index (χ0v) is 17.0. The zero-order valence-electron chi connectivity index (χ0n) is 15.3. The molecule has 1 aliphatic heterocycles. The highest BCUT2D eigenvalue weighted by Crippen LogP contribution is 2.39. The number of ether oxygens (including phenoxy) is 1. The molecule has 1 aliphatic rings. The van der Waals surface area contributed by atoms with Crippen molar-refractivity contribution in [1.29, 1.82) is 0 Å². The summed E-state index contributed by atoms with van der Waals surface area (Å²) in [5.41, 5.74) is 1.79. The predicted molar refractivity (Wildman–Crippen MR) is 118 cm³/mol. The lowest BCUT2D eigenvalue weighted by Crippen LogP contribution is -2.00. The van der Waals surface area contributed by atoms with E-state index in [0.717, 1.165) is 35.2 Å². The van der Waals surface area contributed by atoms with Crippen molar-refractivity contribution >= 4 is 33.7 Å². The minimum Gasteiger partial charge on any atom is -0.508 e. The molecular weight excluding hydrogens is 376 g/mol. The molecule has 0 saturated carbocycles. The summed E-state index contributed by atoms with van der Waals surface area (Å²) >= 11 is 0. The minimum atomic E-state index is 0.0549. The lowest BCUT2D eigenvalue weighted by atomic mass is 10.1. The fourth-order valence-corrected chi connectivity index (χ4v) is 6.01. The van der Waals surface area contributed by atoms with Crippen LogP contribution in [0.1, 0.15) is 43.2 Å². The van der Waals surface area contributed by atoms with Crippen LogP contribution in [0.5, 0.6) is 17.2 Å². The fraction of sp³-hybridized carbons (Fsp3) is 0.364. The second-order valence-corrected chi connectivity index (χ2v) is 9.50. The van der Waals surface area contributed by atoms with Crippen molar-refractivity contribution < 1.29 is 14.9 Å². The van der Waals surface area contributed by atoms with E-state index in [9.17, 15) is 10.2 Å². The van der Waals surface area contributed by atoms with Crippen LogP contribution in [0.25, 0.3) is 12.2 Å². The van der Waals surface area contributed by atoms with E-state index in [1.165, 1.54) is 37.5 Å². The van der Waals surface area contributed by atoms with Crippen LogP contribution in [0.4, 0.5) is 0 Å². The number of hydrogen-bond donors (Lipinski definition) is 2. The van der Waals surface area contributed by atoms with Crippen molar-refractivity contribution in [3.05, 3.63) is 53.6 Å². The van der Waals surface area contributed by atoms with Gasteiger partial charge in [0, 0.05) is 17.1 Å². The van der Waals surface area contributed by atoms with Gasteiger partial charge in [-0.3, -0.25) is 0 Å². The van der Waals surface area contributed by atoms with Gasteiger partial charge in [-0.25, -0.2) is 0 Å². The summed E-state index contributed by atoms with van der Waals surface area (Å²) in [4.78, 5) is 0. The Bertz CT molecular complexity index is 717. The van der Waals surface area contributed by atoms with Crippen LogP contribution in [0.3, 0.4) is 0 Å². The molecule has 0 spiro atoms. The molecule has 1 heterocycles. The van der Waals surface area contributed by atoms with E-state index in [4.69, 9.17) is 4.74 Å². The molecule has 2 N–H and O–H groups in total. The van der Waals surface area contributed by atoms with Crippen LogP contribution < -0.4 is 4.74 Å². The summed E-state index contributed by atoms with van der Waals surface area (Å²) in [5.74, 6) is 2.32. The Morgan fingerprint density at radius 1 is 0.926 bits per heavy atom. The van der Waals surface area contributed by atoms with Crippen LogP contribution in [-0.4, -0.2) is 27.8 Å². The van der Waals surface area contributed by atoms with Crippen LogP contribution in [0, 0.1) is 0 Å². The molecule has 1 unspecified atom stereocenters. The molecule has 2 aromatic carbocycles. The Balaban J connectivity index is 1.37. The summed E-state index contributed by atoms with van der Waals surface area (Å²) in [7, 11) is 4.08. The summed E-state index contributed by atoms with van der Waals surface area (Å²) in [5, 5.41) is 19.9. The third-order valence-electron chi connectivity index (χ3n) is 4.44. The molecule has 1 saturated heterocycles. The highest BCUT2D eigenvalue weighted by atomic mass is 33.1. The van der Waals surface area contributed by atoms with Crippen molar-refractivity contribution in [2.24, 2.45) is 0 Å². The molecule has 3 nitrogen and oxygen atoms in total. The fourth-order valence-electron chi connectivity index (χ4n) is 2.99. The van der Waals surface area contributed by atoms with E-state index in [0.29, 0.717) is 0 Å². The van der Waals surface area contributed by atoms with E-state index in [1.54, 1.807) is 12.1 Å². The van der Waals surface area contributed by atoms with Crippen LogP contribution in [0.2, 0.25) is 0 Å². The number of phenols is 2. The smallest absolute Gasteiger partial charge is 0.119 e. The largest absolute Gasteiger partial charge is 0.508 e. The van der Waals surface area contributed by atoms with Crippen molar-refractivity contribution in [1.82, 2.24) is 0 Å². The lowest BCUT2D eigenvalue weighted by molar-refractivity contribution is 0.304. The van der Waals surface area contributed by atoms with Gasteiger partial charge in [0.15, 0.2) is 0 Å². The van der Waals surface area contributed by atoms with Crippen molar-refractivity contribution in [3.8, 4) is 17.2 Å². The van der Waals surface area contributed by atoms with E-state index < -0.39 is 0 Å². The Morgan fingerprint density at radius 3 is 2.37 bits per heavy atom. The highest BCUT2D eigenvalue weighted by molar-refractivity contribution is 8.77. The van der Waals surface area contributed by atoms with Gasteiger partial charge in [0.2, 0.25) is 0 Å². The molecule has 3 rings (SSSR count). The molecule has 5 heteroatoms. The number of benzene rings is 2. The van der Waals surface area contributed by atoms with Gasteiger partial charge in [-0.1, -0.05) is 58.7 Å². The molecule has 1 atom stereocenters. The Hall–Kier alpha value is -1.72. The maximum absolute atomic E-state index is 9.51. The second kappa shape index (κ2) is 10.6. The summed E-state index contributed by atoms with van der Waals surface area (Å²) in [6, 6.07) is 12.5. The molecule has 27 heavy (non-hydrogen) atoms. The average molecular weight is 403 g/mol. The predicted octanol–water partition coefficient (Wildman–Crippen LogP) is 6.36.